The summed E-state index contributed by atoms with van der Waals surface area (Å²) in [6, 6.07) is 1.83. The Kier molecular flexibility index (Phi) is 5.90. The molecule has 0 spiro atoms. The Balaban J connectivity index is 2.90. The molecule has 0 aliphatic carbocycles. The second kappa shape index (κ2) is 7.72. The van der Waals surface area contributed by atoms with E-state index >= 15 is 0 Å². The fourth-order valence-corrected chi connectivity index (χ4v) is 1.47. The van der Waals surface area contributed by atoms with Crippen molar-refractivity contribution < 1.29 is 9.53 Å². The van der Waals surface area contributed by atoms with Crippen LogP contribution in [-0.2, 0) is 9.53 Å². The SMILES string of the molecule is C=CCN1C=CC=C/C1=C\C=C(C#N)C(=O)OCC. The number of carbonyl (C=O) groups is 1. The number of ether oxygens (including phenoxy) is 1. The smallest absolute Gasteiger partial charge is 0.348 e. The van der Waals surface area contributed by atoms with Crippen LogP contribution in [0.2, 0.25) is 0 Å². The van der Waals surface area contributed by atoms with E-state index in [2.05, 4.69) is 6.58 Å². The zero-order chi connectivity index (χ0) is 14.1. The molecule has 1 heterocycles. The van der Waals surface area contributed by atoms with Crippen LogP contribution < -0.4 is 0 Å². The number of allylic oxidation sites excluding steroid dienone is 5. The number of carbonyl (C=O) groups excluding carboxylic acids is 1. The van der Waals surface area contributed by atoms with Crippen molar-refractivity contribution in [3.63, 3.8) is 0 Å². The molecule has 1 rings (SSSR count). The highest BCUT2D eigenvalue weighted by molar-refractivity contribution is 5.93. The summed E-state index contributed by atoms with van der Waals surface area (Å²) in [4.78, 5) is 13.4. The Morgan fingerprint density at radius 3 is 3.00 bits per heavy atom. The van der Waals surface area contributed by atoms with Crippen LogP contribution >= 0.6 is 0 Å². The third-order valence-corrected chi connectivity index (χ3v) is 2.34. The van der Waals surface area contributed by atoms with Crippen LogP contribution in [0.4, 0.5) is 0 Å². The van der Waals surface area contributed by atoms with E-state index in [4.69, 9.17) is 10.00 Å². The molecule has 0 atom stereocenters. The molecule has 0 radical (unpaired) electrons. The van der Waals surface area contributed by atoms with Crippen LogP contribution in [0.5, 0.6) is 0 Å². The second-order valence-electron chi connectivity index (χ2n) is 3.65. The summed E-state index contributed by atoms with van der Waals surface area (Å²) < 4.78 is 4.79. The van der Waals surface area contributed by atoms with E-state index < -0.39 is 5.97 Å². The lowest BCUT2D eigenvalue weighted by Gasteiger charge is -2.21. The third kappa shape index (κ3) is 4.32. The van der Waals surface area contributed by atoms with Gasteiger partial charge in [0.15, 0.2) is 0 Å². The van der Waals surface area contributed by atoms with E-state index in [1.807, 2.05) is 35.4 Å². The molecule has 0 saturated heterocycles. The second-order valence-corrected chi connectivity index (χ2v) is 3.65. The summed E-state index contributed by atoms with van der Waals surface area (Å²) in [5.74, 6) is -0.604. The zero-order valence-electron chi connectivity index (χ0n) is 10.9. The largest absolute Gasteiger partial charge is 0.462 e. The number of esters is 1. The lowest BCUT2D eigenvalue weighted by atomic mass is 10.2. The first-order valence-electron chi connectivity index (χ1n) is 5.94. The molecule has 4 heteroatoms. The van der Waals surface area contributed by atoms with Crippen molar-refractivity contribution >= 4 is 5.97 Å². The van der Waals surface area contributed by atoms with Crippen LogP contribution in [0.3, 0.4) is 0 Å². The summed E-state index contributed by atoms with van der Waals surface area (Å²) in [5.41, 5.74) is 0.857. The number of nitrogens with zero attached hydrogens (tertiary/aromatic N) is 2. The van der Waals surface area contributed by atoms with Crippen molar-refractivity contribution in [2.45, 2.75) is 6.92 Å². The van der Waals surface area contributed by atoms with Crippen LogP contribution in [0.15, 0.2) is 60.5 Å². The van der Waals surface area contributed by atoms with E-state index in [1.165, 1.54) is 6.08 Å². The maximum Gasteiger partial charge on any atom is 0.348 e. The Morgan fingerprint density at radius 2 is 2.37 bits per heavy atom. The average Bonchev–Trinajstić information content (AvgIpc) is 2.42. The molecule has 0 aromatic rings. The fourth-order valence-electron chi connectivity index (χ4n) is 1.47. The molecule has 0 aromatic carbocycles. The van der Waals surface area contributed by atoms with Gasteiger partial charge in [0.25, 0.3) is 0 Å². The number of hydrogen-bond donors (Lipinski definition) is 0. The number of hydrogen-bond acceptors (Lipinski definition) is 4. The molecule has 0 amide bonds. The van der Waals surface area contributed by atoms with Gasteiger partial charge in [-0.1, -0.05) is 12.2 Å². The van der Waals surface area contributed by atoms with Crippen LogP contribution in [-0.4, -0.2) is 24.0 Å². The van der Waals surface area contributed by atoms with Crippen molar-refractivity contribution in [1.82, 2.24) is 4.90 Å². The van der Waals surface area contributed by atoms with Crippen molar-refractivity contribution in [2.24, 2.45) is 0 Å². The molecule has 0 fully saturated rings. The molecule has 1 aliphatic rings. The molecule has 19 heavy (non-hydrogen) atoms. The first-order chi connectivity index (χ1) is 9.22. The van der Waals surface area contributed by atoms with Gasteiger partial charge in [-0.25, -0.2) is 4.79 Å². The molecule has 1 aliphatic heterocycles. The van der Waals surface area contributed by atoms with Gasteiger partial charge in [-0.05, 0) is 31.2 Å². The molecular weight excluding hydrogens is 240 g/mol. The summed E-state index contributed by atoms with van der Waals surface area (Å²) in [6.45, 7) is 6.29. The van der Waals surface area contributed by atoms with Crippen LogP contribution in [0.1, 0.15) is 6.92 Å². The van der Waals surface area contributed by atoms with Gasteiger partial charge >= 0.3 is 5.97 Å². The van der Waals surface area contributed by atoms with E-state index in [0.29, 0.717) is 6.54 Å². The number of nitriles is 1. The lowest BCUT2D eigenvalue weighted by Crippen LogP contribution is -2.16. The van der Waals surface area contributed by atoms with Gasteiger partial charge in [0.05, 0.1) is 6.61 Å². The maximum absolute atomic E-state index is 11.5. The molecule has 4 nitrogen and oxygen atoms in total. The highest BCUT2D eigenvalue weighted by atomic mass is 16.5. The van der Waals surface area contributed by atoms with Crippen molar-refractivity contribution in [1.29, 1.82) is 5.26 Å². The predicted octanol–water partition coefficient (Wildman–Crippen LogP) is 2.45. The summed E-state index contributed by atoms with van der Waals surface area (Å²) in [6.07, 6.45) is 12.5. The highest BCUT2D eigenvalue weighted by Crippen LogP contribution is 2.13. The van der Waals surface area contributed by atoms with E-state index in [9.17, 15) is 4.79 Å². The van der Waals surface area contributed by atoms with Crippen LogP contribution in [0.25, 0.3) is 0 Å². The normalized spacial score (nSPS) is 16.3. The lowest BCUT2D eigenvalue weighted by molar-refractivity contribution is -0.138. The maximum atomic E-state index is 11.5. The first-order valence-corrected chi connectivity index (χ1v) is 5.94. The van der Waals surface area contributed by atoms with Gasteiger partial charge in [-0.15, -0.1) is 6.58 Å². The summed E-state index contributed by atoms with van der Waals surface area (Å²) in [5, 5.41) is 8.91. The fraction of sp³-hybridized carbons (Fsp3) is 0.200. The quantitative estimate of drug-likeness (QED) is 0.328. The van der Waals surface area contributed by atoms with Gasteiger partial charge < -0.3 is 9.64 Å². The van der Waals surface area contributed by atoms with E-state index in [0.717, 1.165) is 5.70 Å². The van der Waals surface area contributed by atoms with Gasteiger partial charge in [0.1, 0.15) is 11.6 Å². The molecule has 0 bridgehead atoms. The van der Waals surface area contributed by atoms with Crippen molar-refractivity contribution in [2.75, 3.05) is 13.2 Å². The monoisotopic (exact) mass is 256 g/mol. The topological polar surface area (TPSA) is 53.3 Å². The Labute approximate surface area is 113 Å². The minimum atomic E-state index is -0.604. The number of rotatable bonds is 5. The Bertz CT molecular complexity index is 505. The molecular formula is C15H16N2O2. The predicted molar refractivity (Wildman–Crippen MR) is 73.6 cm³/mol. The van der Waals surface area contributed by atoms with Crippen molar-refractivity contribution in [3.05, 3.63) is 60.5 Å². The zero-order valence-corrected chi connectivity index (χ0v) is 10.9. The van der Waals surface area contributed by atoms with Crippen LogP contribution in [0, 0.1) is 11.3 Å². The molecule has 0 unspecified atom stereocenters. The molecule has 98 valence electrons. The minimum absolute atomic E-state index is 0.0177. The van der Waals surface area contributed by atoms with E-state index in [1.54, 1.807) is 19.1 Å². The highest BCUT2D eigenvalue weighted by Gasteiger charge is 2.09. The third-order valence-electron chi connectivity index (χ3n) is 2.34. The first kappa shape index (κ1) is 14.5. The minimum Gasteiger partial charge on any atom is -0.462 e. The van der Waals surface area contributed by atoms with Crippen molar-refractivity contribution in [3.8, 4) is 6.07 Å². The van der Waals surface area contributed by atoms with E-state index in [-0.39, 0.29) is 12.2 Å². The Morgan fingerprint density at radius 1 is 1.58 bits per heavy atom. The van der Waals surface area contributed by atoms with Gasteiger partial charge in [-0.3, -0.25) is 0 Å². The van der Waals surface area contributed by atoms with Gasteiger partial charge in [-0.2, -0.15) is 5.26 Å². The summed E-state index contributed by atoms with van der Waals surface area (Å²) in [7, 11) is 0. The molecule has 0 aromatic heterocycles. The van der Waals surface area contributed by atoms with Gasteiger partial charge in [0, 0.05) is 18.4 Å². The molecule has 0 saturated carbocycles. The summed E-state index contributed by atoms with van der Waals surface area (Å²) >= 11 is 0. The average molecular weight is 256 g/mol. The molecule has 0 N–H and O–H groups in total. The standard InChI is InChI=1S/C15H16N2O2/c1-3-10-17-11-6-5-7-14(17)9-8-13(12-16)15(18)19-4-2/h3,5-9,11H,1,4,10H2,2H3/b13-8?,14-9+. The Hall–Kier alpha value is -2.54. The van der Waals surface area contributed by atoms with Gasteiger partial charge in [0.2, 0.25) is 0 Å².